The largest absolute Gasteiger partial charge is 0.103 e. The number of allylic oxidation sites excluding steroid dienone is 3. The fourth-order valence-electron chi connectivity index (χ4n) is 2.35. The molecule has 21 heavy (non-hydrogen) atoms. The quantitative estimate of drug-likeness (QED) is 0.532. The highest BCUT2D eigenvalue weighted by atomic mass is 14.0. The van der Waals surface area contributed by atoms with Gasteiger partial charge in [-0.25, -0.2) is 0 Å². The van der Waals surface area contributed by atoms with Crippen LogP contribution in [0.4, 0.5) is 0 Å². The molecule has 0 nitrogen and oxygen atoms in total. The Balaban J connectivity index is 2.08. The van der Waals surface area contributed by atoms with Crippen molar-refractivity contribution in [1.82, 2.24) is 0 Å². The van der Waals surface area contributed by atoms with Crippen molar-refractivity contribution in [3.05, 3.63) is 91.5 Å². The van der Waals surface area contributed by atoms with E-state index in [-0.39, 0.29) is 0 Å². The summed E-state index contributed by atoms with van der Waals surface area (Å²) >= 11 is 0. The van der Waals surface area contributed by atoms with E-state index < -0.39 is 0 Å². The van der Waals surface area contributed by atoms with Gasteiger partial charge >= 0.3 is 0 Å². The third kappa shape index (κ3) is 4.61. The van der Waals surface area contributed by atoms with Crippen LogP contribution >= 0.6 is 0 Å². The second-order valence-corrected chi connectivity index (χ2v) is 5.16. The van der Waals surface area contributed by atoms with Crippen LogP contribution in [0.3, 0.4) is 0 Å². The molecule has 0 spiro atoms. The summed E-state index contributed by atoms with van der Waals surface area (Å²) in [4.78, 5) is 0. The van der Waals surface area contributed by atoms with Gasteiger partial charge < -0.3 is 0 Å². The lowest BCUT2D eigenvalue weighted by Gasteiger charge is -2.06. The molecule has 0 radical (unpaired) electrons. The molecule has 0 N–H and O–H groups in total. The smallest absolute Gasteiger partial charge is 0.0161 e. The van der Waals surface area contributed by atoms with E-state index in [4.69, 9.17) is 0 Å². The second kappa shape index (κ2) is 8.06. The Hall–Kier alpha value is -2.34. The molecule has 2 rings (SSSR count). The molecule has 2 aromatic rings. The van der Waals surface area contributed by atoms with Gasteiger partial charge in [0, 0.05) is 0 Å². The van der Waals surface area contributed by atoms with Gasteiger partial charge in [-0.1, -0.05) is 78.9 Å². The summed E-state index contributed by atoms with van der Waals surface area (Å²) < 4.78 is 0. The molecule has 0 saturated carbocycles. The van der Waals surface area contributed by atoms with Crippen molar-refractivity contribution < 1.29 is 0 Å². The SMILES string of the molecule is C=CCC(C=Cc1ccc(-c2ccccc2)cc1)CC=C. The zero-order valence-electron chi connectivity index (χ0n) is 12.4. The van der Waals surface area contributed by atoms with Crippen molar-refractivity contribution in [2.75, 3.05) is 0 Å². The van der Waals surface area contributed by atoms with Crippen LogP contribution < -0.4 is 0 Å². The topological polar surface area (TPSA) is 0 Å². The standard InChI is InChI=1S/C21H22/c1-3-8-18(9-4-2)12-13-19-14-16-21(17-15-19)20-10-6-5-7-11-20/h3-7,10-18H,1-2,8-9H2. The lowest BCUT2D eigenvalue weighted by Crippen LogP contribution is -1.91. The third-order valence-electron chi connectivity index (χ3n) is 3.52. The van der Waals surface area contributed by atoms with Crippen LogP contribution in [0.2, 0.25) is 0 Å². The Morgan fingerprint density at radius 1 is 0.762 bits per heavy atom. The zero-order chi connectivity index (χ0) is 14.9. The number of hydrogen-bond donors (Lipinski definition) is 0. The fraction of sp³-hybridized carbons (Fsp3) is 0.143. The summed E-state index contributed by atoms with van der Waals surface area (Å²) in [6, 6.07) is 19.1. The van der Waals surface area contributed by atoms with Gasteiger partial charge in [-0.15, -0.1) is 13.2 Å². The molecule has 106 valence electrons. The highest BCUT2D eigenvalue weighted by Gasteiger charge is 2.00. The molecule has 0 aliphatic heterocycles. The van der Waals surface area contributed by atoms with E-state index >= 15 is 0 Å². The maximum atomic E-state index is 3.81. The summed E-state index contributed by atoms with van der Waals surface area (Å²) in [5.41, 5.74) is 3.73. The lowest BCUT2D eigenvalue weighted by atomic mass is 9.99. The summed E-state index contributed by atoms with van der Waals surface area (Å²) in [7, 11) is 0. The molecule has 0 aromatic heterocycles. The van der Waals surface area contributed by atoms with Crippen LogP contribution in [-0.2, 0) is 0 Å². The molecule has 0 aliphatic rings. The molecular formula is C21H22. The Kier molecular flexibility index (Phi) is 5.78. The first-order valence-corrected chi connectivity index (χ1v) is 7.39. The van der Waals surface area contributed by atoms with Crippen molar-refractivity contribution in [2.24, 2.45) is 5.92 Å². The van der Waals surface area contributed by atoms with E-state index in [1.165, 1.54) is 16.7 Å². The van der Waals surface area contributed by atoms with Gasteiger partial charge in [0.05, 0.1) is 0 Å². The Morgan fingerprint density at radius 3 is 1.90 bits per heavy atom. The van der Waals surface area contributed by atoms with E-state index in [0.29, 0.717) is 5.92 Å². The molecule has 2 aromatic carbocycles. The van der Waals surface area contributed by atoms with Gasteiger partial charge in [0.25, 0.3) is 0 Å². The van der Waals surface area contributed by atoms with Crippen molar-refractivity contribution in [2.45, 2.75) is 12.8 Å². The van der Waals surface area contributed by atoms with Crippen molar-refractivity contribution in [3.63, 3.8) is 0 Å². The van der Waals surface area contributed by atoms with E-state index in [1.54, 1.807) is 0 Å². The van der Waals surface area contributed by atoms with E-state index in [9.17, 15) is 0 Å². The Bertz CT molecular complexity index is 578. The monoisotopic (exact) mass is 274 g/mol. The molecule has 0 bridgehead atoms. The van der Waals surface area contributed by atoms with Gasteiger partial charge in [0.15, 0.2) is 0 Å². The summed E-state index contributed by atoms with van der Waals surface area (Å²) in [5, 5.41) is 0. The first kappa shape index (κ1) is 15.1. The third-order valence-corrected chi connectivity index (χ3v) is 3.52. The molecule has 0 heteroatoms. The van der Waals surface area contributed by atoms with Gasteiger partial charge in [-0.2, -0.15) is 0 Å². The van der Waals surface area contributed by atoms with Crippen molar-refractivity contribution >= 4 is 6.08 Å². The maximum Gasteiger partial charge on any atom is -0.0161 e. The molecule has 0 unspecified atom stereocenters. The van der Waals surface area contributed by atoms with Crippen LogP contribution in [0.25, 0.3) is 17.2 Å². The first-order valence-electron chi connectivity index (χ1n) is 7.39. The second-order valence-electron chi connectivity index (χ2n) is 5.16. The van der Waals surface area contributed by atoms with Crippen molar-refractivity contribution in [1.29, 1.82) is 0 Å². The summed E-state index contributed by atoms with van der Waals surface area (Å²) in [6.07, 6.45) is 10.4. The Morgan fingerprint density at radius 2 is 1.33 bits per heavy atom. The predicted octanol–water partition coefficient (Wildman–Crippen LogP) is 6.14. The predicted molar refractivity (Wildman–Crippen MR) is 94.0 cm³/mol. The van der Waals surface area contributed by atoms with E-state index in [2.05, 4.69) is 73.8 Å². The van der Waals surface area contributed by atoms with Crippen LogP contribution in [0.1, 0.15) is 18.4 Å². The zero-order valence-corrected chi connectivity index (χ0v) is 12.4. The van der Waals surface area contributed by atoms with Gasteiger partial charge in [0.2, 0.25) is 0 Å². The number of rotatable bonds is 7. The van der Waals surface area contributed by atoms with Crippen LogP contribution in [0.5, 0.6) is 0 Å². The average Bonchev–Trinajstić information content (AvgIpc) is 2.54. The Labute approximate surface area is 128 Å². The molecule has 0 amide bonds. The van der Waals surface area contributed by atoms with Crippen LogP contribution in [-0.4, -0.2) is 0 Å². The fourth-order valence-corrected chi connectivity index (χ4v) is 2.35. The van der Waals surface area contributed by atoms with Gasteiger partial charge in [-0.05, 0) is 35.4 Å². The molecular weight excluding hydrogens is 252 g/mol. The number of benzene rings is 2. The molecule has 0 fully saturated rings. The minimum atomic E-state index is 0.494. The maximum absolute atomic E-state index is 3.81. The first-order chi connectivity index (χ1) is 10.3. The molecule has 0 heterocycles. The highest BCUT2D eigenvalue weighted by molar-refractivity contribution is 5.65. The van der Waals surface area contributed by atoms with Crippen molar-refractivity contribution in [3.8, 4) is 11.1 Å². The minimum absolute atomic E-state index is 0.494. The molecule has 0 saturated heterocycles. The summed E-state index contributed by atoms with van der Waals surface area (Å²) in [6.45, 7) is 7.63. The molecule has 0 atom stereocenters. The highest BCUT2D eigenvalue weighted by Crippen LogP contribution is 2.20. The van der Waals surface area contributed by atoms with Crippen LogP contribution in [0.15, 0.2) is 86.0 Å². The van der Waals surface area contributed by atoms with Gasteiger partial charge in [0.1, 0.15) is 0 Å². The number of hydrogen-bond acceptors (Lipinski definition) is 0. The average molecular weight is 274 g/mol. The molecule has 0 aliphatic carbocycles. The lowest BCUT2D eigenvalue weighted by molar-refractivity contribution is 0.680. The van der Waals surface area contributed by atoms with E-state index in [1.807, 2.05) is 18.2 Å². The van der Waals surface area contributed by atoms with Gasteiger partial charge in [-0.3, -0.25) is 0 Å². The minimum Gasteiger partial charge on any atom is -0.103 e. The van der Waals surface area contributed by atoms with E-state index in [0.717, 1.165) is 12.8 Å². The summed E-state index contributed by atoms with van der Waals surface area (Å²) in [5.74, 6) is 0.494. The normalized spacial score (nSPS) is 10.9. The van der Waals surface area contributed by atoms with Crippen LogP contribution in [0, 0.1) is 5.92 Å².